The summed E-state index contributed by atoms with van der Waals surface area (Å²) in [6.45, 7) is 1.75. The Bertz CT molecular complexity index is 576. The van der Waals surface area contributed by atoms with Crippen molar-refractivity contribution in [3.63, 3.8) is 0 Å². The number of benzene rings is 1. The Morgan fingerprint density at radius 3 is 2.60 bits per heavy atom. The van der Waals surface area contributed by atoms with E-state index in [1.807, 2.05) is 12.1 Å². The molecular formula is C17H25ClN2O5. The van der Waals surface area contributed by atoms with Gasteiger partial charge in [-0.2, -0.15) is 0 Å². The van der Waals surface area contributed by atoms with Gasteiger partial charge in [0.05, 0.1) is 7.11 Å². The lowest BCUT2D eigenvalue weighted by Crippen LogP contribution is -2.53. The van der Waals surface area contributed by atoms with Gasteiger partial charge in [0.2, 0.25) is 0 Å². The molecule has 1 aromatic rings. The molecule has 1 amide bonds. The van der Waals surface area contributed by atoms with E-state index in [0.717, 1.165) is 18.7 Å². The van der Waals surface area contributed by atoms with E-state index in [0.29, 0.717) is 25.1 Å². The molecule has 1 fully saturated rings. The summed E-state index contributed by atoms with van der Waals surface area (Å²) < 4.78 is 15.4. The van der Waals surface area contributed by atoms with Gasteiger partial charge in [0, 0.05) is 13.7 Å². The summed E-state index contributed by atoms with van der Waals surface area (Å²) in [4.78, 5) is 23.6. The van der Waals surface area contributed by atoms with Crippen molar-refractivity contribution in [2.45, 2.75) is 25.0 Å². The molecule has 0 unspecified atom stereocenters. The third-order valence-electron chi connectivity index (χ3n) is 4.15. The normalized spacial score (nSPS) is 15.6. The Labute approximate surface area is 153 Å². The van der Waals surface area contributed by atoms with Crippen LogP contribution in [0.3, 0.4) is 0 Å². The van der Waals surface area contributed by atoms with Gasteiger partial charge in [0.1, 0.15) is 11.4 Å². The fourth-order valence-electron chi connectivity index (χ4n) is 2.64. The zero-order valence-electron chi connectivity index (χ0n) is 14.5. The second-order valence-corrected chi connectivity index (χ2v) is 5.64. The van der Waals surface area contributed by atoms with Crippen LogP contribution in [0.15, 0.2) is 24.3 Å². The molecule has 0 atom stereocenters. The first-order valence-corrected chi connectivity index (χ1v) is 7.92. The lowest BCUT2D eigenvalue weighted by atomic mass is 9.91. The molecule has 140 valence electrons. The molecule has 1 aliphatic heterocycles. The third kappa shape index (κ3) is 5.88. The smallest absolute Gasteiger partial charge is 0.343 e. The molecule has 1 heterocycles. The van der Waals surface area contributed by atoms with Gasteiger partial charge in [-0.25, -0.2) is 4.79 Å². The number of hydrogen-bond acceptors (Lipinski definition) is 6. The first kappa shape index (κ1) is 21.2. The minimum absolute atomic E-state index is 0. The molecular weight excluding hydrogens is 348 g/mol. The van der Waals surface area contributed by atoms with E-state index in [1.54, 1.807) is 19.2 Å². The molecule has 0 bridgehead atoms. The zero-order valence-corrected chi connectivity index (χ0v) is 15.3. The molecule has 0 saturated carbocycles. The summed E-state index contributed by atoms with van der Waals surface area (Å²) in [7, 11) is 2.89. The molecule has 8 heteroatoms. The van der Waals surface area contributed by atoms with Crippen molar-refractivity contribution in [1.29, 1.82) is 0 Å². The van der Waals surface area contributed by atoms with Crippen LogP contribution in [0.5, 0.6) is 5.75 Å². The molecule has 2 rings (SSSR count). The van der Waals surface area contributed by atoms with Gasteiger partial charge in [-0.1, -0.05) is 12.1 Å². The first-order valence-electron chi connectivity index (χ1n) is 7.92. The Balaban J connectivity index is 0.00000312. The topological polar surface area (TPSA) is 85.9 Å². The van der Waals surface area contributed by atoms with Gasteiger partial charge < -0.3 is 24.8 Å². The first-order chi connectivity index (χ1) is 11.6. The third-order valence-corrected chi connectivity index (χ3v) is 4.15. The maximum absolute atomic E-state index is 12.5. The SMILES string of the molecule is COC(=O)COc1cccc(CNC(=O)C2(OC)CCNCC2)c1.Cl. The highest BCUT2D eigenvalue weighted by atomic mass is 35.5. The molecule has 1 saturated heterocycles. The monoisotopic (exact) mass is 372 g/mol. The Morgan fingerprint density at radius 1 is 1.24 bits per heavy atom. The molecule has 25 heavy (non-hydrogen) atoms. The second-order valence-electron chi connectivity index (χ2n) is 5.64. The Morgan fingerprint density at radius 2 is 1.96 bits per heavy atom. The fraction of sp³-hybridized carbons (Fsp3) is 0.529. The maximum atomic E-state index is 12.5. The van der Waals surface area contributed by atoms with Crippen molar-refractivity contribution in [2.75, 3.05) is 33.9 Å². The predicted molar refractivity (Wildman–Crippen MR) is 94.9 cm³/mol. The highest BCUT2D eigenvalue weighted by molar-refractivity contribution is 5.85. The highest BCUT2D eigenvalue weighted by Gasteiger charge is 2.39. The number of amides is 1. The summed E-state index contributed by atoms with van der Waals surface area (Å²) in [5.41, 5.74) is 0.121. The van der Waals surface area contributed by atoms with Crippen LogP contribution in [0, 0.1) is 0 Å². The predicted octanol–water partition coefficient (Wildman–Crippen LogP) is 1.04. The number of piperidine rings is 1. The molecule has 7 nitrogen and oxygen atoms in total. The van der Waals surface area contributed by atoms with Crippen LogP contribution in [0.2, 0.25) is 0 Å². The highest BCUT2D eigenvalue weighted by Crippen LogP contribution is 2.23. The Hall–Kier alpha value is -1.83. The number of carbonyl (C=O) groups excluding carboxylic acids is 2. The van der Waals surface area contributed by atoms with E-state index in [4.69, 9.17) is 9.47 Å². The summed E-state index contributed by atoms with van der Waals surface area (Å²) in [6, 6.07) is 7.22. The average Bonchev–Trinajstić information content (AvgIpc) is 2.64. The van der Waals surface area contributed by atoms with Crippen molar-refractivity contribution >= 4 is 24.3 Å². The second kappa shape index (κ2) is 10.2. The number of ether oxygens (including phenoxy) is 3. The number of methoxy groups -OCH3 is 2. The van der Waals surface area contributed by atoms with Gasteiger partial charge in [-0.05, 0) is 43.6 Å². The van der Waals surface area contributed by atoms with Crippen LogP contribution in [-0.4, -0.2) is 51.4 Å². The van der Waals surface area contributed by atoms with Gasteiger partial charge in [-0.3, -0.25) is 4.79 Å². The van der Waals surface area contributed by atoms with E-state index >= 15 is 0 Å². The average molecular weight is 373 g/mol. The molecule has 1 aromatic carbocycles. The minimum Gasteiger partial charge on any atom is -0.482 e. The van der Waals surface area contributed by atoms with Crippen molar-refractivity contribution < 1.29 is 23.8 Å². The van der Waals surface area contributed by atoms with Crippen molar-refractivity contribution in [3.05, 3.63) is 29.8 Å². The zero-order chi connectivity index (χ0) is 17.4. The van der Waals surface area contributed by atoms with Gasteiger partial charge >= 0.3 is 5.97 Å². The standard InChI is InChI=1S/C17H24N2O5.ClH/c1-22-15(20)12-24-14-5-3-4-13(10-14)11-19-16(21)17(23-2)6-8-18-9-7-17;/h3-5,10,18H,6-9,11-12H2,1-2H3,(H,19,21);1H. The number of carbonyl (C=O) groups is 2. The Kier molecular flexibility index (Phi) is 8.68. The van der Waals surface area contributed by atoms with E-state index in [1.165, 1.54) is 7.11 Å². The van der Waals surface area contributed by atoms with Crippen LogP contribution in [0.25, 0.3) is 0 Å². The number of hydrogen-bond donors (Lipinski definition) is 2. The molecule has 0 radical (unpaired) electrons. The number of rotatable bonds is 7. The molecule has 0 spiro atoms. The number of esters is 1. The van der Waals surface area contributed by atoms with Crippen LogP contribution in [-0.2, 0) is 25.6 Å². The molecule has 0 aromatic heterocycles. The molecule has 2 N–H and O–H groups in total. The summed E-state index contributed by atoms with van der Waals surface area (Å²) in [5.74, 6) is 0.00417. The van der Waals surface area contributed by atoms with Gasteiger partial charge in [0.15, 0.2) is 6.61 Å². The van der Waals surface area contributed by atoms with Gasteiger partial charge in [0.25, 0.3) is 5.91 Å². The summed E-state index contributed by atoms with van der Waals surface area (Å²) in [6.07, 6.45) is 1.30. The maximum Gasteiger partial charge on any atom is 0.343 e. The van der Waals surface area contributed by atoms with Crippen molar-refractivity contribution in [1.82, 2.24) is 10.6 Å². The van der Waals surface area contributed by atoms with Crippen LogP contribution in [0.1, 0.15) is 18.4 Å². The van der Waals surface area contributed by atoms with Gasteiger partial charge in [-0.15, -0.1) is 12.4 Å². The number of halogens is 1. The van der Waals surface area contributed by atoms with Crippen LogP contribution >= 0.6 is 12.4 Å². The van der Waals surface area contributed by atoms with Crippen LogP contribution in [0.4, 0.5) is 0 Å². The van der Waals surface area contributed by atoms with Crippen molar-refractivity contribution in [2.24, 2.45) is 0 Å². The van der Waals surface area contributed by atoms with E-state index in [-0.39, 0.29) is 24.9 Å². The molecule has 0 aliphatic carbocycles. The lowest BCUT2D eigenvalue weighted by molar-refractivity contribution is -0.146. The summed E-state index contributed by atoms with van der Waals surface area (Å²) >= 11 is 0. The quantitative estimate of drug-likeness (QED) is 0.696. The van der Waals surface area contributed by atoms with E-state index in [9.17, 15) is 9.59 Å². The molecule has 1 aliphatic rings. The van der Waals surface area contributed by atoms with Crippen molar-refractivity contribution in [3.8, 4) is 5.75 Å². The summed E-state index contributed by atoms with van der Waals surface area (Å²) in [5, 5.41) is 6.15. The largest absolute Gasteiger partial charge is 0.482 e. The van der Waals surface area contributed by atoms with E-state index < -0.39 is 11.6 Å². The lowest BCUT2D eigenvalue weighted by Gasteiger charge is -2.34. The fourth-order valence-corrected chi connectivity index (χ4v) is 2.64. The van der Waals surface area contributed by atoms with Crippen LogP contribution < -0.4 is 15.4 Å². The van der Waals surface area contributed by atoms with E-state index in [2.05, 4.69) is 15.4 Å². The number of nitrogens with one attached hydrogen (secondary N) is 2. The minimum atomic E-state index is -0.760.